The first-order valence-electron chi connectivity index (χ1n) is 13.1. The summed E-state index contributed by atoms with van der Waals surface area (Å²) in [5.74, 6) is 0.338. The number of fused-ring (bicyclic) bond motifs is 5. The lowest BCUT2D eigenvalue weighted by Crippen LogP contribution is -2.42. The number of aryl methyl sites for hydroxylation is 3. The lowest BCUT2D eigenvalue weighted by molar-refractivity contribution is -0.131. The molecular weight excluding hydrogens is 452 g/mol. The van der Waals surface area contributed by atoms with Crippen molar-refractivity contribution in [3.05, 3.63) is 88.2 Å². The summed E-state index contributed by atoms with van der Waals surface area (Å²) in [5.41, 5.74) is 5.67. The summed E-state index contributed by atoms with van der Waals surface area (Å²) in [5, 5.41) is 0. The van der Waals surface area contributed by atoms with Crippen LogP contribution in [0.3, 0.4) is 0 Å². The molecule has 0 aromatic heterocycles. The summed E-state index contributed by atoms with van der Waals surface area (Å²) in [4.78, 5) is 14.4. The summed E-state index contributed by atoms with van der Waals surface area (Å²) in [7, 11) is 0. The summed E-state index contributed by atoms with van der Waals surface area (Å²) >= 11 is 0. The Morgan fingerprint density at radius 2 is 1.72 bits per heavy atom. The largest absolute Gasteiger partial charge is 0.492 e. The van der Waals surface area contributed by atoms with Gasteiger partial charge in [0.15, 0.2) is 5.78 Å². The van der Waals surface area contributed by atoms with E-state index in [1.165, 1.54) is 16.7 Å². The Hall–Kier alpha value is -2.73. The van der Waals surface area contributed by atoms with Gasteiger partial charge in [-0.25, -0.2) is 0 Å². The van der Waals surface area contributed by atoms with Crippen LogP contribution in [0.2, 0.25) is 0 Å². The second-order valence-electron chi connectivity index (χ2n) is 9.90. The Balaban J connectivity index is 1.58. The van der Waals surface area contributed by atoms with Gasteiger partial charge < -0.3 is 18.9 Å². The predicted octanol–water partition coefficient (Wildman–Crippen LogP) is 5.58. The van der Waals surface area contributed by atoms with Crippen LogP contribution in [0, 0.1) is 18.8 Å². The molecule has 0 N–H and O–H groups in total. The summed E-state index contributed by atoms with van der Waals surface area (Å²) in [6, 6.07) is 14.5. The van der Waals surface area contributed by atoms with Crippen LogP contribution in [0.1, 0.15) is 48.6 Å². The second-order valence-corrected chi connectivity index (χ2v) is 9.90. The molecule has 2 aliphatic heterocycles. The van der Waals surface area contributed by atoms with Gasteiger partial charge in [-0.3, -0.25) is 4.79 Å². The number of Topliss-reactive ketones (excluding diaryl/α,β-unsaturated/α-hetero) is 1. The molecule has 0 amide bonds. The number of carbonyl (C=O) groups is 1. The minimum atomic E-state index is -0.796. The average molecular weight is 489 g/mol. The first-order chi connectivity index (χ1) is 17.5. The number of ketones is 1. The van der Waals surface area contributed by atoms with Gasteiger partial charge in [-0.1, -0.05) is 74.0 Å². The van der Waals surface area contributed by atoms with Crippen LogP contribution in [-0.2, 0) is 43.2 Å². The Bertz CT molecular complexity index is 1160. The van der Waals surface area contributed by atoms with Crippen molar-refractivity contribution in [2.24, 2.45) is 11.8 Å². The smallest absolute Gasteiger partial charge is 0.174 e. The van der Waals surface area contributed by atoms with E-state index in [1.54, 1.807) is 0 Å². The maximum absolute atomic E-state index is 14.4. The van der Waals surface area contributed by atoms with Crippen molar-refractivity contribution in [1.82, 2.24) is 0 Å². The number of allylic oxidation sites excluding steroid dienone is 1. The fourth-order valence-electron chi connectivity index (χ4n) is 6.07. The van der Waals surface area contributed by atoms with E-state index >= 15 is 0 Å². The van der Waals surface area contributed by atoms with Gasteiger partial charge in [0.25, 0.3) is 0 Å². The van der Waals surface area contributed by atoms with Gasteiger partial charge >= 0.3 is 0 Å². The molecule has 36 heavy (non-hydrogen) atoms. The molecule has 4 atom stereocenters. The number of carbonyl (C=O) groups excluding carboxylic acids is 1. The van der Waals surface area contributed by atoms with Gasteiger partial charge in [-0.15, -0.1) is 0 Å². The van der Waals surface area contributed by atoms with Crippen LogP contribution in [0.15, 0.2) is 60.4 Å². The lowest BCUT2D eigenvalue weighted by Gasteiger charge is -2.29. The van der Waals surface area contributed by atoms with Crippen molar-refractivity contribution >= 4 is 11.4 Å². The third-order valence-electron chi connectivity index (χ3n) is 7.63. The molecule has 2 bridgehead atoms. The van der Waals surface area contributed by atoms with E-state index in [4.69, 9.17) is 18.9 Å². The van der Waals surface area contributed by atoms with Gasteiger partial charge in [0.05, 0.1) is 30.1 Å². The Morgan fingerprint density at radius 3 is 2.39 bits per heavy atom. The van der Waals surface area contributed by atoms with E-state index in [2.05, 4.69) is 51.1 Å². The highest BCUT2D eigenvalue weighted by Crippen LogP contribution is 2.57. The summed E-state index contributed by atoms with van der Waals surface area (Å²) in [6.07, 6.45) is 5.59. The molecule has 1 aliphatic carbocycles. The Morgan fingerprint density at radius 1 is 1.00 bits per heavy atom. The maximum atomic E-state index is 14.4. The number of rotatable bonds is 11. The van der Waals surface area contributed by atoms with Crippen LogP contribution in [-0.4, -0.2) is 37.5 Å². The highest BCUT2D eigenvalue weighted by atomic mass is 16.7. The zero-order chi connectivity index (χ0) is 25.3. The number of ether oxygens (including phenoxy) is 4. The van der Waals surface area contributed by atoms with Gasteiger partial charge in [0.1, 0.15) is 24.8 Å². The summed E-state index contributed by atoms with van der Waals surface area (Å²) in [6.45, 7) is 9.81. The zero-order valence-electron chi connectivity index (χ0n) is 21.7. The van der Waals surface area contributed by atoms with Gasteiger partial charge in [0, 0.05) is 6.61 Å². The SMILES string of the molecule is CCOCOC[C@@]12C=CC(O1)[C@H]1C(OCc3ccccc3)=C(c3c(CC)cc(C)cc3CC)C(=O)[C@H]12. The molecular formula is C31H36O5. The molecule has 1 unspecified atom stereocenters. The third kappa shape index (κ3) is 4.23. The maximum Gasteiger partial charge on any atom is 0.174 e. The molecule has 2 heterocycles. The highest BCUT2D eigenvalue weighted by Gasteiger charge is 2.65. The van der Waals surface area contributed by atoms with E-state index in [0.29, 0.717) is 13.2 Å². The van der Waals surface area contributed by atoms with Gasteiger partial charge in [-0.2, -0.15) is 0 Å². The normalized spacial score (nSPS) is 26.2. The van der Waals surface area contributed by atoms with Crippen molar-refractivity contribution in [2.45, 2.75) is 58.8 Å². The third-order valence-corrected chi connectivity index (χ3v) is 7.63. The van der Waals surface area contributed by atoms with E-state index in [-0.39, 0.29) is 37.1 Å². The molecule has 2 aromatic carbocycles. The van der Waals surface area contributed by atoms with Crippen molar-refractivity contribution in [1.29, 1.82) is 0 Å². The van der Waals surface area contributed by atoms with E-state index in [0.717, 1.165) is 35.3 Å². The topological polar surface area (TPSA) is 54.0 Å². The minimum Gasteiger partial charge on any atom is -0.492 e. The highest BCUT2D eigenvalue weighted by molar-refractivity contribution is 6.26. The lowest BCUT2D eigenvalue weighted by atomic mass is 9.76. The summed E-state index contributed by atoms with van der Waals surface area (Å²) < 4.78 is 24.3. The molecule has 5 rings (SSSR count). The molecule has 1 saturated heterocycles. The number of hydrogen-bond donors (Lipinski definition) is 0. The quantitative estimate of drug-likeness (QED) is 0.235. The van der Waals surface area contributed by atoms with Crippen molar-refractivity contribution in [2.75, 3.05) is 20.0 Å². The predicted molar refractivity (Wildman–Crippen MR) is 139 cm³/mol. The standard InChI is InChI=1S/C31H36O5/c1-5-22-15-20(4)16-23(6-2)25(22)27-29(32)28-26(30(27)35-17-21-11-9-8-10-12-21)24-13-14-31(28,36-24)18-34-19-33-7-3/h8-16,24,26,28H,5-7,17-19H2,1-4H3/t24?,26-,28+,31-/m1/s1. The van der Waals surface area contributed by atoms with E-state index in [9.17, 15) is 4.79 Å². The average Bonchev–Trinajstić information content (AvgIpc) is 3.55. The van der Waals surface area contributed by atoms with Crippen LogP contribution >= 0.6 is 0 Å². The first kappa shape index (κ1) is 24.9. The molecule has 190 valence electrons. The second kappa shape index (κ2) is 10.3. The fraction of sp³-hybridized carbons (Fsp3) is 0.452. The molecule has 0 saturated carbocycles. The zero-order valence-corrected chi connectivity index (χ0v) is 21.7. The van der Waals surface area contributed by atoms with Gasteiger partial charge in [0.2, 0.25) is 0 Å². The number of benzene rings is 2. The van der Waals surface area contributed by atoms with Crippen LogP contribution in [0.4, 0.5) is 0 Å². The van der Waals surface area contributed by atoms with Crippen molar-refractivity contribution < 1.29 is 23.7 Å². The van der Waals surface area contributed by atoms with Gasteiger partial charge in [-0.05, 0) is 48.9 Å². The molecule has 0 spiro atoms. The molecule has 2 aromatic rings. The van der Waals surface area contributed by atoms with E-state index < -0.39 is 5.60 Å². The van der Waals surface area contributed by atoms with Crippen molar-refractivity contribution in [3.63, 3.8) is 0 Å². The van der Waals surface area contributed by atoms with Crippen molar-refractivity contribution in [3.8, 4) is 0 Å². The Labute approximate surface area is 214 Å². The molecule has 5 heteroatoms. The molecule has 0 radical (unpaired) electrons. The number of hydrogen-bond acceptors (Lipinski definition) is 5. The monoisotopic (exact) mass is 488 g/mol. The molecule has 1 fully saturated rings. The fourth-order valence-corrected chi connectivity index (χ4v) is 6.07. The first-order valence-corrected chi connectivity index (χ1v) is 13.1. The minimum absolute atomic E-state index is 0.100. The van der Waals surface area contributed by atoms with E-state index in [1.807, 2.05) is 31.2 Å². The Kier molecular flexibility index (Phi) is 7.16. The molecule has 3 aliphatic rings. The van der Waals surface area contributed by atoms with Crippen LogP contribution in [0.5, 0.6) is 0 Å². The van der Waals surface area contributed by atoms with Crippen LogP contribution < -0.4 is 0 Å². The molecule has 5 nitrogen and oxygen atoms in total. The van der Waals surface area contributed by atoms with Crippen LogP contribution in [0.25, 0.3) is 5.57 Å².